The molecule has 24 heavy (non-hydrogen) atoms. The van der Waals surface area contributed by atoms with Crippen molar-refractivity contribution in [2.45, 2.75) is 18.7 Å². The van der Waals surface area contributed by atoms with Gasteiger partial charge in [0, 0.05) is 35.8 Å². The Bertz CT molecular complexity index is 871. The molecule has 0 saturated carbocycles. The summed E-state index contributed by atoms with van der Waals surface area (Å²) in [6.07, 6.45) is 1.60. The van der Waals surface area contributed by atoms with Crippen LogP contribution in [0, 0.1) is 13.8 Å². The Morgan fingerprint density at radius 1 is 1.25 bits per heavy atom. The van der Waals surface area contributed by atoms with Crippen molar-refractivity contribution in [3.8, 4) is 0 Å². The number of hydrogen-bond acceptors (Lipinski definition) is 4. The lowest BCUT2D eigenvalue weighted by atomic mass is 10.2. The highest BCUT2D eigenvalue weighted by Gasteiger charge is 2.11. The summed E-state index contributed by atoms with van der Waals surface area (Å²) in [7, 11) is 1.85. The SMILES string of the molecule is Cc1ccc(SCCNC(=O)c2cnc3c(c2)c(C)nn3C)cc1. The maximum atomic E-state index is 12.3. The summed E-state index contributed by atoms with van der Waals surface area (Å²) >= 11 is 1.73. The molecule has 3 rings (SSSR count). The maximum Gasteiger partial charge on any atom is 0.252 e. The summed E-state index contributed by atoms with van der Waals surface area (Å²) in [6, 6.07) is 10.2. The Labute approximate surface area is 145 Å². The molecule has 1 aromatic carbocycles. The second kappa shape index (κ2) is 7.05. The van der Waals surface area contributed by atoms with Gasteiger partial charge in [-0.25, -0.2) is 4.98 Å². The predicted molar refractivity (Wildman–Crippen MR) is 97.5 cm³/mol. The maximum absolute atomic E-state index is 12.3. The first kappa shape index (κ1) is 16.5. The van der Waals surface area contributed by atoms with Gasteiger partial charge in [0.1, 0.15) is 0 Å². The number of nitrogens with zero attached hydrogens (tertiary/aromatic N) is 3. The van der Waals surface area contributed by atoms with Crippen molar-refractivity contribution in [3.63, 3.8) is 0 Å². The number of rotatable bonds is 5. The quantitative estimate of drug-likeness (QED) is 0.573. The molecule has 1 N–H and O–H groups in total. The third-order valence-electron chi connectivity index (χ3n) is 3.80. The van der Waals surface area contributed by atoms with Gasteiger partial charge >= 0.3 is 0 Å². The average molecular weight is 340 g/mol. The van der Waals surface area contributed by atoms with E-state index in [4.69, 9.17) is 0 Å². The minimum absolute atomic E-state index is 0.0999. The van der Waals surface area contributed by atoms with Gasteiger partial charge in [0.05, 0.1) is 11.3 Å². The van der Waals surface area contributed by atoms with Gasteiger partial charge in [0.25, 0.3) is 5.91 Å². The van der Waals surface area contributed by atoms with E-state index >= 15 is 0 Å². The van der Waals surface area contributed by atoms with Gasteiger partial charge in [0.15, 0.2) is 5.65 Å². The van der Waals surface area contributed by atoms with Crippen LogP contribution >= 0.6 is 11.8 Å². The fourth-order valence-electron chi connectivity index (χ4n) is 2.50. The lowest BCUT2D eigenvalue weighted by molar-refractivity contribution is 0.0956. The highest BCUT2D eigenvalue weighted by Crippen LogP contribution is 2.18. The summed E-state index contributed by atoms with van der Waals surface area (Å²) in [5.74, 6) is 0.730. The Kier molecular flexibility index (Phi) is 4.85. The lowest BCUT2D eigenvalue weighted by Crippen LogP contribution is -2.25. The van der Waals surface area contributed by atoms with E-state index in [-0.39, 0.29) is 5.91 Å². The zero-order valence-corrected chi connectivity index (χ0v) is 14.9. The minimum Gasteiger partial charge on any atom is -0.351 e. The molecule has 0 fully saturated rings. The van der Waals surface area contributed by atoms with E-state index in [1.165, 1.54) is 10.5 Å². The molecule has 0 saturated heterocycles. The number of aryl methyl sites for hydroxylation is 3. The Morgan fingerprint density at radius 2 is 2.00 bits per heavy atom. The Balaban J connectivity index is 1.57. The fraction of sp³-hybridized carbons (Fsp3) is 0.278. The van der Waals surface area contributed by atoms with E-state index in [2.05, 4.69) is 46.6 Å². The first-order valence-corrected chi connectivity index (χ1v) is 8.80. The molecule has 0 aliphatic heterocycles. The van der Waals surface area contributed by atoms with E-state index in [1.807, 2.05) is 20.0 Å². The smallest absolute Gasteiger partial charge is 0.252 e. The molecule has 0 radical (unpaired) electrons. The van der Waals surface area contributed by atoms with Gasteiger partial charge in [-0.2, -0.15) is 5.10 Å². The van der Waals surface area contributed by atoms with Crippen molar-refractivity contribution in [1.82, 2.24) is 20.1 Å². The first-order valence-electron chi connectivity index (χ1n) is 7.81. The monoisotopic (exact) mass is 340 g/mol. The van der Waals surface area contributed by atoms with Crippen LogP contribution in [0.3, 0.4) is 0 Å². The molecule has 0 atom stereocenters. The second-order valence-electron chi connectivity index (χ2n) is 5.72. The molecule has 124 valence electrons. The number of aromatic nitrogens is 3. The molecular weight excluding hydrogens is 320 g/mol. The van der Waals surface area contributed by atoms with E-state index in [1.54, 1.807) is 22.6 Å². The highest BCUT2D eigenvalue weighted by molar-refractivity contribution is 7.99. The van der Waals surface area contributed by atoms with Crippen LogP contribution in [0.5, 0.6) is 0 Å². The van der Waals surface area contributed by atoms with Crippen molar-refractivity contribution in [2.24, 2.45) is 7.05 Å². The standard InChI is InChI=1S/C18H20N4OS/c1-12-4-6-15(7-5-12)24-9-8-19-18(23)14-10-16-13(2)21-22(3)17(16)20-11-14/h4-7,10-11H,8-9H2,1-3H3,(H,19,23). The normalized spacial score (nSPS) is 11.0. The largest absolute Gasteiger partial charge is 0.351 e. The average Bonchev–Trinajstić information content (AvgIpc) is 2.87. The van der Waals surface area contributed by atoms with Crippen LogP contribution in [0.15, 0.2) is 41.4 Å². The summed E-state index contributed by atoms with van der Waals surface area (Å²) in [4.78, 5) is 17.8. The van der Waals surface area contributed by atoms with Crippen LogP contribution in [0.25, 0.3) is 11.0 Å². The molecular formula is C18H20N4OS. The number of benzene rings is 1. The van der Waals surface area contributed by atoms with Crippen molar-refractivity contribution in [1.29, 1.82) is 0 Å². The molecule has 0 spiro atoms. The summed E-state index contributed by atoms with van der Waals surface area (Å²) in [5.41, 5.74) is 3.49. The van der Waals surface area contributed by atoms with Gasteiger partial charge in [-0.3, -0.25) is 9.48 Å². The molecule has 3 aromatic rings. The summed E-state index contributed by atoms with van der Waals surface area (Å²) in [6.45, 7) is 4.61. The van der Waals surface area contributed by atoms with Gasteiger partial charge < -0.3 is 5.32 Å². The van der Waals surface area contributed by atoms with Gasteiger partial charge in [-0.15, -0.1) is 11.8 Å². The van der Waals surface area contributed by atoms with Gasteiger partial charge in [-0.05, 0) is 32.0 Å². The van der Waals surface area contributed by atoms with Gasteiger partial charge in [-0.1, -0.05) is 17.7 Å². The first-order chi connectivity index (χ1) is 11.5. The van der Waals surface area contributed by atoms with E-state index in [0.29, 0.717) is 12.1 Å². The number of fused-ring (bicyclic) bond motifs is 1. The Morgan fingerprint density at radius 3 is 2.75 bits per heavy atom. The van der Waals surface area contributed by atoms with Crippen molar-refractivity contribution >= 4 is 28.7 Å². The van der Waals surface area contributed by atoms with E-state index < -0.39 is 0 Å². The zero-order chi connectivity index (χ0) is 17.1. The number of amides is 1. The van der Waals surface area contributed by atoms with Crippen LogP contribution in [-0.2, 0) is 7.05 Å². The number of carbonyl (C=O) groups excluding carboxylic acids is 1. The number of carbonyl (C=O) groups is 1. The van der Waals surface area contributed by atoms with Crippen LogP contribution < -0.4 is 5.32 Å². The molecule has 2 aromatic heterocycles. The van der Waals surface area contributed by atoms with Crippen molar-refractivity contribution in [2.75, 3.05) is 12.3 Å². The van der Waals surface area contributed by atoms with Crippen LogP contribution in [0.1, 0.15) is 21.6 Å². The fourth-order valence-corrected chi connectivity index (χ4v) is 3.27. The molecule has 2 heterocycles. The lowest BCUT2D eigenvalue weighted by Gasteiger charge is -2.06. The predicted octanol–water partition coefficient (Wildman–Crippen LogP) is 3.11. The zero-order valence-electron chi connectivity index (χ0n) is 14.0. The second-order valence-corrected chi connectivity index (χ2v) is 6.89. The molecule has 0 unspecified atom stereocenters. The van der Waals surface area contributed by atoms with Gasteiger partial charge in [0.2, 0.25) is 0 Å². The third-order valence-corrected chi connectivity index (χ3v) is 4.82. The number of hydrogen-bond donors (Lipinski definition) is 1. The molecule has 1 amide bonds. The number of thioether (sulfide) groups is 1. The minimum atomic E-state index is -0.0999. The molecule has 6 heteroatoms. The molecule has 0 aliphatic carbocycles. The van der Waals surface area contributed by atoms with Crippen LogP contribution in [-0.4, -0.2) is 33.0 Å². The van der Waals surface area contributed by atoms with E-state index in [0.717, 1.165) is 22.5 Å². The van der Waals surface area contributed by atoms with E-state index in [9.17, 15) is 4.79 Å². The van der Waals surface area contributed by atoms with Crippen LogP contribution in [0.4, 0.5) is 0 Å². The molecule has 0 aliphatic rings. The molecule has 0 bridgehead atoms. The van der Waals surface area contributed by atoms with Crippen molar-refractivity contribution < 1.29 is 4.79 Å². The summed E-state index contributed by atoms with van der Waals surface area (Å²) < 4.78 is 1.73. The topological polar surface area (TPSA) is 59.8 Å². The Hall–Kier alpha value is -2.34. The number of nitrogens with one attached hydrogen (secondary N) is 1. The van der Waals surface area contributed by atoms with Crippen LogP contribution in [0.2, 0.25) is 0 Å². The van der Waals surface area contributed by atoms with Crippen molar-refractivity contribution in [3.05, 3.63) is 53.3 Å². The highest BCUT2D eigenvalue weighted by atomic mass is 32.2. The summed E-state index contributed by atoms with van der Waals surface area (Å²) in [5, 5.41) is 8.19. The molecule has 5 nitrogen and oxygen atoms in total. The third kappa shape index (κ3) is 3.59. The number of pyridine rings is 1.